The van der Waals surface area contributed by atoms with Crippen LogP contribution in [0.1, 0.15) is 19.1 Å². The monoisotopic (exact) mass is 448 g/mol. The predicted octanol–water partition coefficient (Wildman–Crippen LogP) is 3.33. The van der Waals surface area contributed by atoms with E-state index in [-0.39, 0.29) is 17.1 Å². The van der Waals surface area contributed by atoms with E-state index < -0.39 is 10.5 Å². The molecule has 0 aliphatic rings. The third-order valence-corrected chi connectivity index (χ3v) is 5.31. The number of quaternary nitrogens is 2. The highest BCUT2D eigenvalue weighted by molar-refractivity contribution is 5.96. The average molecular weight is 448 g/mol. The molecule has 0 aliphatic carbocycles. The van der Waals surface area contributed by atoms with Crippen LogP contribution in [0.5, 0.6) is 0 Å². The quantitative estimate of drug-likeness (QED) is 0.207. The number of hydrogen-bond acceptors (Lipinski definition) is 7. The Morgan fingerprint density at radius 1 is 0.970 bits per heavy atom. The Hall–Kier alpha value is -3.57. The van der Waals surface area contributed by atoms with Gasteiger partial charge in [0.05, 0.1) is 6.07 Å². The number of nitrogens with zero attached hydrogens (tertiary/aromatic N) is 1. The first kappa shape index (κ1) is 22.6. The van der Waals surface area contributed by atoms with E-state index in [0.29, 0.717) is 12.8 Å². The van der Waals surface area contributed by atoms with Crippen LogP contribution in [0.15, 0.2) is 82.3 Å². The van der Waals surface area contributed by atoms with Crippen LogP contribution >= 0.6 is 0 Å². The van der Waals surface area contributed by atoms with Crippen LogP contribution in [0.3, 0.4) is 0 Å². The van der Waals surface area contributed by atoms with Crippen molar-refractivity contribution in [1.29, 1.82) is 0 Å². The summed E-state index contributed by atoms with van der Waals surface area (Å²) in [4.78, 5) is 0. The highest BCUT2D eigenvalue weighted by Crippen LogP contribution is 2.35. The molecule has 2 unspecified atom stereocenters. The van der Waals surface area contributed by atoms with Gasteiger partial charge in [-0.3, -0.25) is 5.43 Å². The molecule has 0 radical (unpaired) electrons. The molecule has 9 nitrogen and oxygen atoms in total. The Morgan fingerprint density at radius 3 is 2.42 bits per heavy atom. The standard InChI is InChI=1S/C24H24N4O5/c1-16(25-26-20-13-12-18(27(29)30)15-21(20)28(31)32)11-14-23-24(17-7-3-2-4-8-17)19-9-5-6-10-22(19)33-23/h2-10,12-13,15,26-29,31H,11,14H2,1H3. The van der Waals surface area contributed by atoms with Gasteiger partial charge in [-0.15, -0.1) is 0 Å². The van der Waals surface area contributed by atoms with E-state index >= 15 is 0 Å². The summed E-state index contributed by atoms with van der Waals surface area (Å²) in [6.07, 6.45) is 1.20. The number of hydrazone groups is 1. The highest BCUT2D eigenvalue weighted by atomic mass is 16.8. The summed E-state index contributed by atoms with van der Waals surface area (Å²) in [7, 11) is 0. The molecule has 0 spiro atoms. The van der Waals surface area contributed by atoms with Crippen LogP contribution in [0, 0.1) is 10.4 Å². The lowest BCUT2D eigenvalue weighted by Crippen LogP contribution is -3.00. The minimum Gasteiger partial charge on any atom is -0.595 e. The van der Waals surface area contributed by atoms with Crippen LogP contribution < -0.4 is 15.9 Å². The summed E-state index contributed by atoms with van der Waals surface area (Å²) in [6.45, 7) is 1.84. The van der Waals surface area contributed by atoms with Gasteiger partial charge < -0.3 is 14.8 Å². The number of fused-ring (bicyclic) bond motifs is 1. The fourth-order valence-corrected chi connectivity index (χ4v) is 3.65. The molecule has 0 aliphatic heterocycles. The van der Waals surface area contributed by atoms with Crippen molar-refractivity contribution in [2.45, 2.75) is 19.8 Å². The third-order valence-electron chi connectivity index (χ3n) is 5.31. The van der Waals surface area contributed by atoms with Gasteiger partial charge in [-0.05, 0) is 31.0 Å². The van der Waals surface area contributed by atoms with Gasteiger partial charge >= 0.3 is 0 Å². The fraction of sp³-hybridized carbons (Fsp3) is 0.125. The lowest BCUT2D eigenvalue weighted by atomic mass is 9.99. The van der Waals surface area contributed by atoms with E-state index in [0.717, 1.165) is 39.6 Å². The second-order valence-electron chi connectivity index (χ2n) is 7.59. The fourth-order valence-electron chi connectivity index (χ4n) is 3.65. The maximum Gasteiger partial charge on any atom is 0.195 e. The van der Waals surface area contributed by atoms with E-state index in [4.69, 9.17) is 9.62 Å². The number of para-hydroxylation sites is 1. The molecule has 0 fully saturated rings. The summed E-state index contributed by atoms with van der Waals surface area (Å²) in [5.74, 6) is 0.856. The van der Waals surface area contributed by atoms with E-state index in [1.54, 1.807) is 0 Å². The van der Waals surface area contributed by atoms with Crippen molar-refractivity contribution in [3.63, 3.8) is 0 Å². The normalized spacial score (nSPS) is 13.8. The molecule has 0 saturated carbocycles. The van der Waals surface area contributed by atoms with Crippen molar-refractivity contribution in [1.82, 2.24) is 0 Å². The van der Waals surface area contributed by atoms with Crippen LogP contribution in [0.2, 0.25) is 0 Å². The molecular formula is C24H24N4O5. The number of benzene rings is 3. The molecule has 4 aromatic rings. The summed E-state index contributed by atoms with van der Waals surface area (Å²) in [6, 6.07) is 21.8. The Bertz CT molecular complexity index is 1270. The number of aryl methyl sites for hydroxylation is 1. The summed E-state index contributed by atoms with van der Waals surface area (Å²) >= 11 is 0. The Morgan fingerprint density at radius 2 is 1.70 bits per heavy atom. The maximum absolute atomic E-state index is 11.5. The molecule has 0 bridgehead atoms. The van der Waals surface area contributed by atoms with Crippen LogP contribution in [0.4, 0.5) is 17.1 Å². The first-order valence-electron chi connectivity index (χ1n) is 10.4. The number of rotatable bonds is 8. The van der Waals surface area contributed by atoms with Gasteiger partial charge in [-0.25, -0.2) is 10.4 Å². The summed E-state index contributed by atoms with van der Waals surface area (Å²) < 4.78 is 6.14. The Labute approximate surface area is 189 Å². The zero-order valence-corrected chi connectivity index (χ0v) is 17.9. The lowest BCUT2D eigenvalue weighted by molar-refractivity contribution is -0.996. The first-order valence-corrected chi connectivity index (χ1v) is 10.4. The second kappa shape index (κ2) is 9.92. The molecular weight excluding hydrogens is 424 g/mol. The van der Waals surface area contributed by atoms with Crippen molar-refractivity contribution in [2.75, 3.05) is 5.43 Å². The largest absolute Gasteiger partial charge is 0.595 e. The summed E-state index contributed by atoms with van der Waals surface area (Å²) in [5.41, 5.74) is 6.42. The minimum atomic E-state index is -1.23. The van der Waals surface area contributed by atoms with Gasteiger partial charge in [0.25, 0.3) is 0 Å². The van der Waals surface area contributed by atoms with E-state index in [9.17, 15) is 15.6 Å². The van der Waals surface area contributed by atoms with Gasteiger partial charge in [0.2, 0.25) is 0 Å². The molecule has 4 rings (SSSR count). The molecule has 1 heterocycles. The van der Waals surface area contributed by atoms with Crippen molar-refractivity contribution in [2.24, 2.45) is 5.10 Å². The molecule has 3 aromatic carbocycles. The van der Waals surface area contributed by atoms with Crippen molar-refractivity contribution in [3.05, 3.63) is 89.0 Å². The van der Waals surface area contributed by atoms with Crippen molar-refractivity contribution >= 4 is 33.7 Å². The van der Waals surface area contributed by atoms with E-state index in [1.165, 1.54) is 12.1 Å². The van der Waals surface area contributed by atoms with Gasteiger partial charge in [0, 0.05) is 29.1 Å². The number of furan rings is 1. The third kappa shape index (κ3) is 5.10. The van der Waals surface area contributed by atoms with Crippen LogP contribution in [-0.2, 0) is 6.42 Å². The van der Waals surface area contributed by atoms with E-state index in [2.05, 4.69) is 22.7 Å². The molecule has 5 N–H and O–H groups in total. The first-order chi connectivity index (χ1) is 15.9. The molecule has 0 amide bonds. The topological polar surface area (TPSA) is 133 Å². The van der Waals surface area contributed by atoms with Crippen molar-refractivity contribution < 1.29 is 25.3 Å². The van der Waals surface area contributed by atoms with Gasteiger partial charge in [0.1, 0.15) is 17.0 Å². The SMILES string of the molecule is CC(CCc1oc2ccccc2c1-c1ccccc1)=NNc1ccc([NH+]([O-])O)cc1[NH+]([O-])O. The number of hydrogen-bond donors (Lipinski definition) is 5. The minimum absolute atomic E-state index is 0.100. The molecule has 33 heavy (non-hydrogen) atoms. The van der Waals surface area contributed by atoms with Crippen LogP contribution in [-0.4, -0.2) is 16.1 Å². The van der Waals surface area contributed by atoms with Crippen molar-refractivity contribution in [3.8, 4) is 11.1 Å². The second-order valence-corrected chi connectivity index (χ2v) is 7.59. The Balaban J connectivity index is 1.54. The van der Waals surface area contributed by atoms with E-state index in [1.807, 2.05) is 49.4 Å². The molecule has 9 heteroatoms. The zero-order chi connectivity index (χ0) is 23.4. The van der Waals surface area contributed by atoms with Crippen LogP contribution in [0.25, 0.3) is 22.1 Å². The Kier molecular flexibility index (Phi) is 6.80. The van der Waals surface area contributed by atoms with Gasteiger partial charge in [-0.2, -0.15) is 15.6 Å². The number of anilines is 1. The predicted molar refractivity (Wildman–Crippen MR) is 125 cm³/mol. The molecule has 170 valence electrons. The molecule has 2 atom stereocenters. The molecule has 0 saturated heterocycles. The summed E-state index contributed by atoms with van der Waals surface area (Å²) in [5, 5.41) is 44.0. The smallest absolute Gasteiger partial charge is 0.195 e. The zero-order valence-electron chi connectivity index (χ0n) is 17.9. The lowest BCUT2D eigenvalue weighted by Gasteiger charge is -2.18. The van der Waals surface area contributed by atoms with Gasteiger partial charge in [-0.1, -0.05) is 48.5 Å². The van der Waals surface area contributed by atoms with Gasteiger partial charge in [0.15, 0.2) is 11.4 Å². The molecule has 1 aromatic heterocycles. The maximum atomic E-state index is 11.5. The number of nitrogens with one attached hydrogen (secondary N) is 3. The average Bonchev–Trinajstić information content (AvgIpc) is 3.20. The highest BCUT2D eigenvalue weighted by Gasteiger charge is 2.16.